The quantitative estimate of drug-likeness (QED) is 0.614. The molecule has 1 amide bonds. The van der Waals surface area contributed by atoms with E-state index >= 15 is 0 Å². The second-order valence-electron chi connectivity index (χ2n) is 5.70. The van der Waals surface area contributed by atoms with Crippen LogP contribution in [0.1, 0.15) is 41.8 Å². The molecule has 0 unspecified atom stereocenters. The van der Waals surface area contributed by atoms with Gasteiger partial charge in [0.15, 0.2) is 5.96 Å². The highest BCUT2D eigenvalue weighted by molar-refractivity contribution is 7.11. The molecule has 1 aromatic heterocycles. The molecule has 23 heavy (non-hydrogen) atoms. The van der Waals surface area contributed by atoms with Gasteiger partial charge in [-0.2, -0.15) is 0 Å². The molecule has 0 atom stereocenters. The van der Waals surface area contributed by atoms with Crippen LogP contribution < -0.4 is 10.6 Å². The van der Waals surface area contributed by atoms with Crippen molar-refractivity contribution in [1.82, 2.24) is 20.5 Å². The van der Waals surface area contributed by atoms with Crippen molar-refractivity contribution in [3.63, 3.8) is 0 Å². The van der Waals surface area contributed by atoms with E-state index in [0.29, 0.717) is 19.5 Å². The Kier molecular flexibility index (Phi) is 6.83. The molecule has 2 rings (SSSR count). The monoisotopic (exact) mass is 337 g/mol. The minimum Gasteiger partial charge on any atom is -0.357 e. The van der Waals surface area contributed by atoms with Gasteiger partial charge < -0.3 is 15.5 Å². The molecule has 1 aromatic rings. The van der Waals surface area contributed by atoms with E-state index in [-0.39, 0.29) is 5.91 Å². The van der Waals surface area contributed by atoms with Crippen molar-refractivity contribution in [2.45, 2.75) is 46.6 Å². The molecule has 2 heterocycles. The van der Waals surface area contributed by atoms with Crippen molar-refractivity contribution in [2.24, 2.45) is 4.99 Å². The highest BCUT2D eigenvalue weighted by atomic mass is 32.1. The molecule has 1 aliphatic rings. The average molecular weight is 337 g/mol. The van der Waals surface area contributed by atoms with E-state index < -0.39 is 0 Å². The number of nitrogens with zero attached hydrogens (tertiary/aromatic N) is 3. The second kappa shape index (κ2) is 8.86. The first-order valence-corrected chi connectivity index (χ1v) is 9.14. The molecule has 0 radical (unpaired) electrons. The number of carbonyl (C=O) groups excluding carboxylic acids is 1. The van der Waals surface area contributed by atoms with Crippen molar-refractivity contribution in [2.75, 3.05) is 26.2 Å². The summed E-state index contributed by atoms with van der Waals surface area (Å²) in [7, 11) is 0. The summed E-state index contributed by atoms with van der Waals surface area (Å²) in [6.45, 7) is 9.92. The molecule has 128 valence electrons. The predicted molar refractivity (Wildman–Crippen MR) is 94.8 cm³/mol. The van der Waals surface area contributed by atoms with Gasteiger partial charge in [-0.05, 0) is 33.6 Å². The van der Waals surface area contributed by atoms with Gasteiger partial charge in [-0.25, -0.2) is 9.98 Å². The van der Waals surface area contributed by atoms with Gasteiger partial charge in [0.2, 0.25) is 5.91 Å². The summed E-state index contributed by atoms with van der Waals surface area (Å²) in [6.07, 6.45) is 2.79. The van der Waals surface area contributed by atoms with Crippen LogP contribution in [0.3, 0.4) is 0 Å². The van der Waals surface area contributed by atoms with Gasteiger partial charge in [0, 0.05) is 37.5 Å². The van der Waals surface area contributed by atoms with Crippen LogP contribution >= 0.6 is 11.3 Å². The zero-order valence-corrected chi connectivity index (χ0v) is 15.1. The Labute approximate surface area is 142 Å². The maximum Gasteiger partial charge on any atom is 0.224 e. The van der Waals surface area contributed by atoms with Gasteiger partial charge in [-0.3, -0.25) is 4.79 Å². The fourth-order valence-corrected chi connectivity index (χ4v) is 3.49. The number of guanidine groups is 1. The summed E-state index contributed by atoms with van der Waals surface area (Å²) in [6, 6.07) is 0. The summed E-state index contributed by atoms with van der Waals surface area (Å²) in [4.78, 5) is 24.2. The number of amides is 1. The molecule has 0 aromatic carbocycles. The summed E-state index contributed by atoms with van der Waals surface area (Å²) >= 11 is 1.69. The van der Waals surface area contributed by atoms with Crippen LogP contribution in [0.4, 0.5) is 0 Å². The minimum absolute atomic E-state index is 0.236. The summed E-state index contributed by atoms with van der Waals surface area (Å²) in [5.74, 6) is 0.993. The smallest absolute Gasteiger partial charge is 0.224 e. The van der Waals surface area contributed by atoms with Crippen molar-refractivity contribution in [3.05, 3.63) is 15.6 Å². The first-order valence-electron chi connectivity index (χ1n) is 8.33. The van der Waals surface area contributed by atoms with Crippen molar-refractivity contribution < 1.29 is 4.79 Å². The van der Waals surface area contributed by atoms with E-state index in [2.05, 4.69) is 20.6 Å². The van der Waals surface area contributed by atoms with Crippen LogP contribution in [-0.4, -0.2) is 47.9 Å². The number of hydrogen-bond acceptors (Lipinski definition) is 4. The van der Waals surface area contributed by atoms with Crippen LogP contribution in [0.25, 0.3) is 0 Å². The maximum absolute atomic E-state index is 12.0. The molecule has 1 aliphatic heterocycles. The van der Waals surface area contributed by atoms with E-state index in [9.17, 15) is 4.79 Å². The molecule has 1 saturated heterocycles. The fraction of sp³-hybridized carbons (Fsp3) is 0.688. The topological polar surface area (TPSA) is 69.6 Å². The third-order valence-corrected chi connectivity index (χ3v) is 4.87. The van der Waals surface area contributed by atoms with Crippen molar-refractivity contribution in [1.29, 1.82) is 0 Å². The molecule has 0 aliphatic carbocycles. The average Bonchev–Trinajstić information content (AvgIpc) is 3.14. The summed E-state index contributed by atoms with van der Waals surface area (Å²) in [5.41, 5.74) is 1.05. The Bertz CT molecular complexity index is 549. The SMILES string of the molecule is CCNC(=NCc1sc(C)nc1C)NCCC(=O)N1CCCC1. The van der Waals surface area contributed by atoms with Gasteiger partial charge in [-0.15, -0.1) is 11.3 Å². The second-order valence-corrected chi connectivity index (χ2v) is 6.99. The Balaban J connectivity index is 1.81. The number of aryl methyl sites for hydroxylation is 2. The number of nitrogens with one attached hydrogen (secondary N) is 2. The maximum atomic E-state index is 12.0. The van der Waals surface area contributed by atoms with E-state index in [1.165, 1.54) is 4.88 Å². The molecular weight excluding hydrogens is 310 g/mol. The predicted octanol–water partition coefficient (Wildman–Crippen LogP) is 1.83. The number of carbonyl (C=O) groups is 1. The highest BCUT2D eigenvalue weighted by Gasteiger charge is 2.17. The molecular formula is C16H27N5OS. The molecule has 7 heteroatoms. The third kappa shape index (κ3) is 5.49. The summed E-state index contributed by atoms with van der Waals surface area (Å²) < 4.78 is 0. The first kappa shape index (κ1) is 17.7. The van der Waals surface area contributed by atoms with Gasteiger partial charge >= 0.3 is 0 Å². The van der Waals surface area contributed by atoms with Crippen LogP contribution in [0.2, 0.25) is 0 Å². The Morgan fingerprint density at radius 1 is 1.30 bits per heavy atom. The zero-order valence-electron chi connectivity index (χ0n) is 14.3. The Hall–Kier alpha value is -1.63. The lowest BCUT2D eigenvalue weighted by atomic mass is 10.3. The molecule has 0 bridgehead atoms. The van der Waals surface area contributed by atoms with Gasteiger partial charge in [0.05, 0.1) is 17.2 Å². The minimum atomic E-state index is 0.236. The summed E-state index contributed by atoms with van der Waals surface area (Å²) in [5, 5.41) is 7.54. The Morgan fingerprint density at radius 3 is 2.65 bits per heavy atom. The molecule has 2 N–H and O–H groups in total. The first-order chi connectivity index (χ1) is 11.1. The zero-order chi connectivity index (χ0) is 16.7. The van der Waals surface area contributed by atoms with Crippen LogP contribution in [0, 0.1) is 13.8 Å². The van der Waals surface area contributed by atoms with E-state index in [0.717, 1.165) is 49.1 Å². The molecule has 1 fully saturated rings. The fourth-order valence-electron chi connectivity index (χ4n) is 2.63. The van der Waals surface area contributed by atoms with Gasteiger partial charge in [-0.1, -0.05) is 0 Å². The lowest BCUT2D eigenvalue weighted by molar-refractivity contribution is -0.129. The van der Waals surface area contributed by atoms with Crippen LogP contribution in [0.15, 0.2) is 4.99 Å². The lowest BCUT2D eigenvalue weighted by Gasteiger charge is -2.16. The molecule has 0 saturated carbocycles. The van der Waals surface area contributed by atoms with Crippen molar-refractivity contribution in [3.8, 4) is 0 Å². The molecule has 0 spiro atoms. The van der Waals surface area contributed by atoms with Gasteiger partial charge in [0.1, 0.15) is 0 Å². The van der Waals surface area contributed by atoms with Crippen molar-refractivity contribution >= 4 is 23.2 Å². The van der Waals surface area contributed by atoms with Crippen LogP contribution in [-0.2, 0) is 11.3 Å². The Morgan fingerprint density at radius 2 is 2.04 bits per heavy atom. The lowest BCUT2D eigenvalue weighted by Crippen LogP contribution is -2.39. The number of hydrogen-bond donors (Lipinski definition) is 2. The number of thiazole rings is 1. The third-order valence-electron chi connectivity index (χ3n) is 3.81. The van der Waals surface area contributed by atoms with Crippen LogP contribution in [0.5, 0.6) is 0 Å². The normalized spacial score (nSPS) is 15.1. The number of aliphatic imine (C=N–C) groups is 1. The van der Waals surface area contributed by atoms with E-state index in [4.69, 9.17) is 0 Å². The number of aromatic nitrogens is 1. The largest absolute Gasteiger partial charge is 0.357 e. The number of rotatable bonds is 6. The van der Waals surface area contributed by atoms with Gasteiger partial charge in [0.25, 0.3) is 0 Å². The van der Waals surface area contributed by atoms with E-state index in [1.807, 2.05) is 25.7 Å². The molecule has 6 nitrogen and oxygen atoms in total. The van der Waals surface area contributed by atoms with E-state index in [1.54, 1.807) is 11.3 Å². The number of likely N-dealkylation sites (tertiary alicyclic amines) is 1. The standard InChI is InChI=1S/C16H27N5OS/c1-4-17-16(19-11-14-12(2)20-13(3)23-14)18-8-7-15(22)21-9-5-6-10-21/h4-11H2,1-3H3,(H2,17,18,19). The highest BCUT2D eigenvalue weighted by Crippen LogP contribution is 2.17.